The van der Waals surface area contributed by atoms with Crippen molar-refractivity contribution in [3.8, 4) is 0 Å². The number of aliphatic hydroxyl groups is 3. The fraction of sp³-hybridized carbons (Fsp3) is 1.00. The second-order valence-corrected chi connectivity index (χ2v) is 2.98. The van der Waals surface area contributed by atoms with Crippen LogP contribution in [-0.2, 0) is 4.74 Å². The standard InChI is InChI=1S/C9H20O4/c10-6-2-1-3-8-13-9(12)5-4-7-11/h9-12H,1-8H2. The number of unbranched alkanes of at least 4 members (excludes halogenated alkanes) is 2. The molecule has 0 aliphatic carbocycles. The minimum atomic E-state index is -0.749. The summed E-state index contributed by atoms with van der Waals surface area (Å²) in [5, 5.41) is 26.1. The summed E-state index contributed by atoms with van der Waals surface area (Å²) >= 11 is 0. The Kier molecular flexibility index (Phi) is 9.80. The quantitative estimate of drug-likeness (QED) is 0.362. The van der Waals surface area contributed by atoms with Crippen molar-refractivity contribution in [1.82, 2.24) is 0 Å². The smallest absolute Gasteiger partial charge is 0.154 e. The van der Waals surface area contributed by atoms with Crippen LogP contribution in [0.25, 0.3) is 0 Å². The van der Waals surface area contributed by atoms with Crippen LogP contribution < -0.4 is 0 Å². The van der Waals surface area contributed by atoms with Gasteiger partial charge in [0, 0.05) is 26.2 Å². The molecule has 0 heterocycles. The molecule has 0 bridgehead atoms. The van der Waals surface area contributed by atoms with Gasteiger partial charge in [-0.05, 0) is 25.7 Å². The maximum Gasteiger partial charge on any atom is 0.154 e. The molecule has 0 amide bonds. The molecule has 3 N–H and O–H groups in total. The van der Waals surface area contributed by atoms with E-state index in [4.69, 9.17) is 20.1 Å². The average molecular weight is 192 g/mol. The molecule has 0 aliphatic heterocycles. The van der Waals surface area contributed by atoms with Crippen molar-refractivity contribution in [3.63, 3.8) is 0 Å². The Labute approximate surface area is 79.2 Å². The van der Waals surface area contributed by atoms with Crippen LogP contribution in [0.15, 0.2) is 0 Å². The summed E-state index contributed by atoms with van der Waals surface area (Å²) in [5.74, 6) is 0. The number of aliphatic hydroxyl groups excluding tert-OH is 3. The third kappa shape index (κ3) is 9.76. The van der Waals surface area contributed by atoms with E-state index in [2.05, 4.69) is 0 Å². The van der Waals surface area contributed by atoms with E-state index in [-0.39, 0.29) is 13.2 Å². The lowest BCUT2D eigenvalue weighted by atomic mass is 10.2. The van der Waals surface area contributed by atoms with Crippen LogP contribution in [0.2, 0.25) is 0 Å². The van der Waals surface area contributed by atoms with Crippen molar-refractivity contribution in [1.29, 1.82) is 0 Å². The predicted molar refractivity (Wildman–Crippen MR) is 49.2 cm³/mol. The van der Waals surface area contributed by atoms with Gasteiger partial charge in [-0.15, -0.1) is 0 Å². The average Bonchev–Trinajstić information content (AvgIpc) is 2.14. The van der Waals surface area contributed by atoms with E-state index in [1.165, 1.54) is 0 Å². The molecule has 0 saturated carbocycles. The molecule has 80 valence electrons. The van der Waals surface area contributed by atoms with E-state index in [0.717, 1.165) is 19.3 Å². The second kappa shape index (κ2) is 9.92. The normalized spacial score (nSPS) is 13.2. The fourth-order valence-electron chi connectivity index (χ4n) is 0.959. The summed E-state index contributed by atoms with van der Waals surface area (Å²) in [6.45, 7) is 0.824. The Balaban J connectivity index is 3.03. The molecule has 0 fully saturated rings. The van der Waals surface area contributed by atoms with Crippen molar-refractivity contribution in [3.05, 3.63) is 0 Å². The Morgan fingerprint density at radius 3 is 2.23 bits per heavy atom. The van der Waals surface area contributed by atoms with E-state index in [1.807, 2.05) is 0 Å². The molecule has 13 heavy (non-hydrogen) atoms. The van der Waals surface area contributed by atoms with Gasteiger partial charge in [0.15, 0.2) is 6.29 Å². The summed E-state index contributed by atoms with van der Waals surface area (Å²) in [7, 11) is 0. The molecule has 0 aromatic carbocycles. The maximum atomic E-state index is 9.15. The minimum Gasteiger partial charge on any atom is -0.396 e. The largest absolute Gasteiger partial charge is 0.396 e. The first-order valence-electron chi connectivity index (χ1n) is 4.82. The van der Waals surface area contributed by atoms with Gasteiger partial charge in [-0.25, -0.2) is 0 Å². The molecule has 0 spiro atoms. The number of hydrogen-bond donors (Lipinski definition) is 3. The third-order valence-corrected chi connectivity index (χ3v) is 1.72. The lowest BCUT2D eigenvalue weighted by Gasteiger charge is -2.10. The first-order valence-corrected chi connectivity index (χ1v) is 4.82. The highest BCUT2D eigenvalue weighted by atomic mass is 16.6. The van der Waals surface area contributed by atoms with E-state index < -0.39 is 6.29 Å². The summed E-state index contributed by atoms with van der Waals surface area (Å²) in [6.07, 6.45) is 2.87. The maximum absolute atomic E-state index is 9.15. The highest BCUT2D eigenvalue weighted by Gasteiger charge is 2.02. The van der Waals surface area contributed by atoms with Crippen molar-refractivity contribution < 1.29 is 20.1 Å². The van der Waals surface area contributed by atoms with Gasteiger partial charge in [0.05, 0.1) is 0 Å². The highest BCUT2D eigenvalue weighted by molar-refractivity contribution is 4.44. The van der Waals surface area contributed by atoms with Crippen molar-refractivity contribution in [2.24, 2.45) is 0 Å². The minimum absolute atomic E-state index is 0.0882. The summed E-state index contributed by atoms with van der Waals surface area (Å²) in [5.41, 5.74) is 0. The zero-order valence-corrected chi connectivity index (χ0v) is 7.98. The van der Waals surface area contributed by atoms with Gasteiger partial charge in [0.25, 0.3) is 0 Å². The molecule has 4 nitrogen and oxygen atoms in total. The fourth-order valence-corrected chi connectivity index (χ4v) is 0.959. The Bertz CT molecular complexity index is 97.6. The molecule has 0 radical (unpaired) electrons. The van der Waals surface area contributed by atoms with Crippen LogP contribution in [0.5, 0.6) is 0 Å². The van der Waals surface area contributed by atoms with Crippen molar-refractivity contribution in [2.45, 2.75) is 38.4 Å². The molecular weight excluding hydrogens is 172 g/mol. The lowest BCUT2D eigenvalue weighted by Crippen LogP contribution is -2.13. The van der Waals surface area contributed by atoms with Gasteiger partial charge in [-0.3, -0.25) is 0 Å². The zero-order chi connectivity index (χ0) is 9.94. The second-order valence-electron chi connectivity index (χ2n) is 2.98. The predicted octanol–water partition coefficient (Wildman–Crippen LogP) is 0.256. The van der Waals surface area contributed by atoms with E-state index in [0.29, 0.717) is 19.4 Å². The first kappa shape index (κ1) is 12.8. The molecule has 1 unspecified atom stereocenters. The van der Waals surface area contributed by atoms with E-state index in [9.17, 15) is 0 Å². The Hall–Kier alpha value is -0.160. The van der Waals surface area contributed by atoms with Crippen LogP contribution in [0.1, 0.15) is 32.1 Å². The van der Waals surface area contributed by atoms with Crippen LogP contribution in [0.3, 0.4) is 0 Å². The van der Waals surface area contributed by atoms with Crippen LogP contribution in [0.4, 0.5) is 0 Å². The monoisotopic (exact) mass is 192 g/mol. The van der Waals surface area contributed by atoms with E-state index >= 15 is 0 Å². The van der Waals surface area contributed by atoms with Gasteiger partial charge in [0.2, 0.25) is 0 Å². The Morgan fingerprint density at radius 1 is 0.923 bits per heavy atom. The number of rotatable bonds is 9. The summed E-state index contributed by atoms with van der Waals surface area (Å²) < 4.78 is 5.05. The Morgan fingerprint density at radius 2 is 1.62 bits per heavy atom. The van der Waals surface area contributed by atoms with Gasteiger partial charge >= 0.3 is 0 Å². The number of ether oxygens (including phenoxy) is 1. The lowest BCUT2D eigenvalue weighted by molar-refractivity contribution is -0.106. The molecule has 0 rings (SSSR count). The molecule has 4 heteroatoms. The molecule has 0 saturated heterocycles. The molecule has 0 aliphatic rings. The van der Waals surface area contributed by atoms with Crippen LogP contribution in [-0.4, -0.2) is 41.4 Å². The van der Waals surface area contributed by atoms with E-state index in [1.54, 1.807) is 0 Å². The van der Waals surface area contributed by atoms with Gasteiger partial charge in [-0.1, -0.05) is 0 Å². The van der Waals surface area contributed by atoms with Gasteiger partial charge in [0.1, 0.15) is 0 Å². The molecular formula is C9H20O4. The SMILES string of the molecule is OCCCCCOC(O)CCCO. The number of hydrogen-bond acceptors (Lipinski definition) is 4. The van der Waals surface area contributed by atoms with Gasteiger partial charge in [-0.2, -0.15) is 0 Å². The highest BCUT2D eigenvalue weighted by Crippen LogP contribution is 2.01. The molecule has 1 atom stereocenters. The van der Waals surface area contributed by atoms with Crippen LogP contribution >= 0.6 is 0 Å². The zero-order valence-electron chi connectivity index (χ0n) is 7.98. The summed E-state index contributed by atoms with van der Waals surface area (Å²) in [6, 6.07) is 0. The topological polar surface area (TPSA) is 69.9 Å². The van der Waals surface area contributed by atoms with Crippen molar-refractivity contribution >= 4 is 0 Å². The third-order valence-electron chi connectivity index (χ3n) is 1.72. The summed E-state index contributed by atoms with van der Waals surface area (Å²) in [4.78, 5) is 0. The van der Waals surface area contributed by atoms with Crippen LogP contribution in [0, 0.1) is 0 Å². The molecule has 0 aromatic heterocycles. The first-order chi connectivity index (χ1) is 6.31. The molecule has 0 aromatic rings. The van der Waals surface area contributed by atoms with Gasteiger partial charge < -0.3 is 20.1 Å². The van der Waals surface area contributed by atoms with Crippen molar-refractivity contribution in [2.75, 3.05) is 19.8 Å².